The summed E-state index contributed by atoms with van der Waals surface area (Å²) in [6, 6.07) is 3.83. The number of aromatic nitrogens is 2. The molecule has 5 nitrogen and oxygen atoms in total. The van der Waals surface area contributed by atoms with E-state index < -0.39 is 5.82 Å². The zero-order chi connectivity index (χ0) is 14.8. The lowest BCUT2D eigenvalue weighted by molar-refractivity contribution is 0.0746. The number of piperazine rings is 1. The van der Waals surface area contributed by atoms with Gasteiger partial charge in [-0.15, -0.1) is 0 Å². The molecule has 1 aliphatic rings. The number of halogens is 2. The molecule has 1 aliphatic heterocycles. The summed E-state index contributed by atoms with van der Waals surface area (Å²) in [7, 11) is 0. The van der Waals surface area contributed by atoms with Gasteiger partial charge in [-0.3, -0.25) is 4.79 Å². The fourth-order valence-corrected chi connectivity index (χ4v) is 2.95. The average Bonchev–Trinajstić information content (AvgIpc) is 3.01. The number of nitrogens with zero attached hydrogens (tertiary/aromatic N) is 4. The van der Waals surface area contributed by atoms with E-state index in [1.54, 1.807) is 11.1 Å². The van der Waals surface area contributed by atoms with E-state index in [1.165, 1.54) is 23.9 Å². The van der Waals surface area contributed by atoms with Crippen molar-refractivity contribution in [1.29, 1.82) is 0 Å². The minimum Gasteiger partial charge on any atom is -0.351 e. The lowest BCUT2D eigenvalue weighted by Gasteiger charge is -2.34. The maximum Gasteiger partial charge on any atom is 0.255 e. The highest BCUT2D eigenvalue weighted by Crippen LogP contribution is 2.21. The van der Waals surface area contributed by atoms with Crippen molar-refractivity contribution in [2.45, 2.75) is 0 Å². The number of hydrogen-bond acceptors (Lipinski definition) is 5. The van der Waals surface area contributed by atoms with Gasteiger partial charge in [-0.1, -0.05) is 11.6 Å². The van der Waals surface area contributed by atoms with E-state index in [-0.39, 0.29) is 10.9 Å². The molecular weight excluding hydrogens is 315 g/mol. The lowest BCUT2D eigenvalue weighted by Crippen LogP contribution is -2.49. The number of benzene rings is 1. The molecule has 0 bridgehead atoms. The smallest absolute Gasteiger partial charge is 0.255 e. The SMILES string of the molecule is O=C(c1ccc(F)cc1Cl)N1CCN(c2cnsn2)CC1. The standard InChI is InChI=1S/C13H12ClFN4OS/c14-11-7-9(15)1-2-10(11)13(20)19-5-3-18(4-6-19)12-8-16-21-17-12/h1-2,7-8H,3-6H2. The number of carbonyl (C=O) groups excluding carboxylic acids is 1. The monoisotopic (exact) mass is 326 g/mol. The van der Waals surface area contributed by atoms with Gasteiger partial charge in [0, 0.05) is 26.2 Å². The summed E-state index contributed by atoms with van der Waals surface area (Å²) >= 11 is 7.10. The maximum atomic E-state index is 13.0. The summed E-state index contributed by atoms with van der Waals surface area (Å²) in [5.74, 6) is 0.223. The molecular formula is C13H12ClFN4OS. The van der Waals surface area contributed by atoms with Crippen LogP contribution >= 0.6 is 23.3 Å². The summed E-state index contributed by atoms with van der Waals surface area (Å²) in [4.78, 5) is 16.2. The van der Waals surface area contributed by atoms with Gasteiger partial charge >= 0.3 is 0 Å². The van der Waals surface area contributed by atoms with Crippen molar-refractivity contribution in [2.24, 2.45) is 0 Å². The number of carbonyl (C=O) groups is 1. The number of amides is 1. The van der Waals surface area contributed by atoms with E-state index in [0.29, 0.717) is 31.7 Å². The van der Waals surface area contributed by atoms with Gasteiger partial charge in [-0.25, -0.2) is 4.39 Å². The first-order valence-electron chi connectivity index (χ1n) is 6.42. The quantitative estimate of drug-likeness (QED) is 0.849. The molecule has 1 amide bonds. The normalized spacial score (nSPS) is 15.3. The molecule has 2 aromatic rings. The Labute approximate surface area is 130 Å². The van der Waals surface area contributed by atoms with Gasteiger partial charge in [0.25, 0.3) is 5.91 Å². The van der Waals surface area contributed by atoms with E-state index >= 15 is 0 Å². The Balaban J connectivity index is 1.67. The topological polar surface area (TPSA) is 49.3 Å². The van der Waals surface area contributed by atoms with E-state index in [1.807, 2.05) is 0 Å². The molecule has 0 unspecified atom stereocenters. The second-order valence-corrected chi connectivity index (χ2v) is 5.63. The van der Waals surface area contributed by atoms with Gasteiger partial charge in [0.2, 0.25) is 0 Å². The van der Waals surface area contributed by atoms with Crippen molar-refractivity contribution < 1.29 is 9.18 Å². The fourth-order valence-electron chi connectivity index (χ4n) is 2.27. The number of hydrogen-bond donors (Lipinski definition) is 0. The van der Waals surface area contributed by atoms with Crippen molar-refractivity contribution in [3.8, 4) is 0 Å². The predicted molar refractivity (Wildman–Crippen MR) is 79.4 cm³/mol. The van der Waals surface area contributed by atoms with E-state index in [4.69, 9.17) is 11.6 Å². The van der Waals surface area contributed by atoms with Crippen LogP contribution in [-0.4, -0.2) is 45.7 Å². The second-order valence-electron chi connectivity index (χ2n) is 4.67. The van der Waals surface area contributed by atoms with Crippen molar-refractivity contribution in [2.75, 3.05) is 31.1 Å². The summed E-state index contributed by atoms with van der Waals surface area (Å²) < 4.78 is 21.2. The molecule has 0 N–H and O–H groups in total. The zero-order valence-electron chi connectivity index (χ0n) is 11.0. The van der Waals surface area contributed by atoms with Crippen LogP contribution in [0.2, 0.25) is 5.02 Å². The molecule has 0 saturated carbocycles. The molecule has 8 heteroatoms. The minimum atomic E-state index is -0.447. The van der Waals surface area contributed by atoms with Gasteiger partial charge in [-0.05, 0) is 18.2 Å². The van der Waals surface area contributed by atoms with Crippen molar-refractivity contribution in [3.05, 3.63) is 40.8 Å². The van der Waals surface area contributed by atoms with Gasteiger partial charge in [0.15, 0.2) is 5.82 Å². The second kappa shape index (κ2) is 5.95. The molecule has 1 aromatic heterocycles. The molecule has 0 radical (unpaired) electrons. The highest BCUT2D eigenvalue weighted by atomic mass is 35.5. The first kappa shape index (κ1) is 14.2. The highest BCUT2D eigenvalue weighted by Gasteiger charge is 2.24. The summed E-state index contributed by atoms with van der Waals surface area (Å²) in [6.45, 7) is 2.53. The van der Waals surface area contributed by atoms with Crippen molar-refractivity contribution in [1.82, 2.24) is 13.6 Å². The molecule has 110 valence electrons. The summed E-state index contributed by atoms with van der Waals surface area (Å²) in [5, 5.41) is 0.145. The Morgan fingerprint density at radius 3 is 2.67 bits per heavy atom. The molecule has 1 fully saturated rings. The summed E-state index contributed by atoms with van der Waals surface area (Å²) in [5.41, 5.74) is 0.335. The van der Waals surface area contributed by atoms with Crippen LogP contribution in [0.4, 0.5) is 10.2 Å². The molecule has 2 heterocycles. The van der Waals surface area contributed by atoms with Crippen LogP contribution < -0.4 is 4.90 Å². The molecule has 1 aromatic carbocycles. The number of rotatable bonds is 2. The Hall–Kier alpha value is -1.73. The van der Waals surface area contributed by atoms with E-state index in [0.717, 1.165) is 11.9 Å². The molecule has 1 saturated heterocycles. The van der Waals surface area contributed by atoms with Crippen LogP contribution in [0.15, 0.2) is 24.4 Å². The van der Waals surface area contributed by atoms with Gasteiger partial charge in [0.1, 0.15) is 5.82 Å². The molecule has 3 rings (SSSR count). The van der Waals surface area contributed by atoms with Crippen molar-refractivity contribution >= 4 is 35.1 Å². The fraction of sp³-hybridized carbons (Fsp3) is 0.308. The van der Waals surface area contributed by atoms with Gasteiger partial charge in [-0.2, -0.15) is 8.75 Å². The van der Waals surface area contributed by atoms with Crippen LogP contribution in [0.5, 0.6) is 0 Å². The minimum absolute atomic E-state index is 0.145. The zero-order valence-corrected chi connectivity index (χ0v) is 12.6. The number of anilines is 1. The third kappa shape index (κ3) is 2.98. The Kier molecular flexibility index (Phi) is 4.03. The summed E-state index contributed by atoms with van der Waals surface area (Å²) in [6.07, 6.45) is 1.72. The third-order valence-corrected chi connectivity index (χ3v) is 4.18. The van der Waals surface area contributed by atoms with E-state index in [2.05, 4.69) is 13.6 Å². The molecule has 0 aliphatic carbocycles. The van der Waals surface area contributed by atoms with Crippen LogP contribution in [0.1, 0.15) is 10.4 Å². The Morgan fingerprint density at radius 1 is 1.29 bits per heavy atom. The van der Waals surface area contributed by atoms with Crippen molar-refractivity contribution in [3.63, 3.8) is 0 Å². The van der Waals surface area contributed by atoms with Gasteiger partial charge in [0.05, 0.1) is 28.5 Å². The Morgan fingerprint density at radius 2 is 2.05 bits per heavy atom. The van der Waals surface area contributed by atoms with Crippen LogP contribution in [-0.2, 0) is 0 Å². The van der Waals surface area contributed by atoms with Crippen LogP contribution in [0.3, 0.4) is 0 Å². The Bertz CT molecular complexity index is 644. The first-order chi connectivity index (χ1) is 10.1. The molecule has 0 atom stereocenters. The maximum absolute atomic E-state index is 13.0. The average molecular weight is 327 g/mol. The molecule has 21 heavy (non-hydrogen) atoms. The molecule has 0 spiro atoms. The van der Waals surface area contributed by atoms with Crippen LogP contribution in [0, 0.1) is 5.82 Å². The third-order valence-electron chi connectivity index (χ3n) is 3.40. The largest absolute Gasteiger partial charge is 0.351 e. The van der Waals surface area contributed by atoms with Gasteiger partial charge < -0.3 is 9.80 Å². The first-order valence-corrected chi connectivity index (χ1v) is 7.53. The van der Waals surface area contributed by atoms with Crippen LogP contribution in [0.25, 0.3) is 0 Å². The van der Waals surface area contributed by atoms with E-state index in [9.17, 15) is 9.18 Å². The predicted octanol–water partition coefficient (Wildman–Crippen LogP) is 2.29. The lowest BCUT2D eigenvalue weighted by atomic mass is 10.1. The highest BCUT2D eigenvalue weighted by molar-refractivity contribution is 6.99.